The van der Waals surface area contributed by atoms with Gasteiger partial charge in [0.1, 0.15) is 5.75 Å². The number of hydrogen-bond acceptors (Lipinski definition) is 3. The quantitative estimate of drug-likeness (QED) is 0.856. The number of rotatable bonds is 3. The molecule has 0 fully saturated rings. The van der Waals surface area contributed by atoms with E-state index >= 15 is 0 Å². The van der Waals surface area contributed by atoms with Gasteiger partial charge in [-0.25, -0.2) is 12.4 Å². The molecule has 0 amide bonds. The van der Waals surface area contributed by atoms with Crippen LogP contribution in [0.15, 0.2) is 41.6 Å². The fourth-order valence-electron chi connectivity index (χ4n) is 2.02. The predicted molar refractivity (Wildman–Crippen MR) is 69.5 cm³/mol. The van der Waals surface area contributed by atoms with Gasteiger partial charge in [0.2, 0.25) is 0 Å². The summed E-state index contributed by atoms with van der Waals surface area (Å²) in [5, 5.41) is 0. The van der Waals surface area contributed by atoms with Crippen LogP contribution in [0.3, 0.4) is 0 Å². The molecule has 1 heterocycles. The number of hydrogen-bond donors (Lipinski definition) is 0. The van der Waals surface area contributed by atoms with Crippen molar-refractivity contribution < 1.29 is 13.2 Å². The zero-order valence-corrected chi connectivity index (χ0v) is 11.4. The number of methoxy groups -OCH3 is 1. The molecule has 0 N–H and O–H groups in total. The third kappa shape index (κ3) is 2.01. The molecule has 0 atom stereocenters. The zero-order chi connectivity index (χ0) is 13.3. The summed E-state index contributed by atoms with van der Waals surface area (Å²) in [5.41, 5.74) is 1.36. The molecule has 1 aromatic heterocycles. The molecule has 0 aliphatic rings. The normalized spacial score (nSPS) is 11.5. The molecule has 1 aromatic carbocycles. The van der Waals surface area contributed by atoms with E-state index in [9.17, 15) is 8.42 Å². The highest BCUT2D eigenvalue weighted by molar-refractivity contribution is 7.90. The van der Waals surface area contributed by atoms with Gasteiger partial charge in [0.15, 0.2) is 0 Å². The summed E-state index contributed by atoms with van der Waals surface area (Å²) in [5.74, 6) is 0.663. The molecule has 4 nitrogen and oxygen atoms in total. The largest absolute Gasteiger partial charge is 0.497 e. The van der Waals surface area contributed by atoms with Crippen LogP contribution < -0.4 is 4.74 Å². The molecule has 0 unspecified atom stereocenters. The van der Waals surface area contributed by atoms with Crippen LogP contribution in [-0.2, 0) is 10.0 Å². The van der Waals surface area contributed by atoms with E-state index in [1.807, 2.05) is 0 Å². The van der Waals surface area contributed by atoms with Crippen LogP contribution in [0, 0.1) is 13.8 Å². The van der Waals surface area contributed by atoms with Crippen molar-refractivity contribution in [3.8, 4) is 5.75 Å². The molecule has 96 valence electrons. The lowest BCUT2D eigenvalue weighted by Crippen LogP contribution is -2.14. The van der Waals surface area contributed by atoms with E-state index in [2.05, 4.69) is 0 Å². The van der Waals surface area contributed by atoms with Crippen molar-refractivity contribution in [2.24, 2.45) is 0 Å². The van der Waals surface area contributed by atoms with E-state index < -0.39 is 10.0 Å². The maximum Gasteiger partial charge on any atom is 0.268 e. The second-order valence-corrected chi connectivity index (χ2v) is 5.89. The molecule has 0 aliphatic carbocycles. The van der Waals surface area contributed by atoms with Crippen LogP contribution in [0.2, 0.25) is 0 Å². The van der Waals surface area contributed by atoms with Gasteiger partial charge in [-0.15, -0.1) is 0 Å². The van der Waals surface area contributed by atoms with Gasteiger partial charge in [0, 0.05) is 12.4 Å². The van der Waals surface area contributed by atoms with Crippen molar-refractivity contribution in [3.05, 3.63) is 47.8 Å². The Kier molecular flexibility index (Phi) is 3.17. The molecule has 0 radical (unpaired) electrons. The first kappa shape index (κ1) is 12.7. The molecule has 0 saturated heterocycles. The van der Waals surface area contributed by atoms with Gasteiger partial charge >= 0.3 is 0 Å². The summed E-state index contributed by atoms with van der Waals surface area (Å²) < 4.78 is 31.3. The number of aromatic nitrogens is 1. The number of nitrogens with zero attached hydrogens (tertiary/aromatic N) is 1. The fraction of sp³-hybridized carbons (Fsp3) is 0.231. The molecule has 2 aromatic rings. The molecule has 0 spiro atoms. The molecular weight excluding hydrogens is 250 g/mol. The lowest BCUT2D eigenvalue weighted by molar-refractivity contribution is 0.413. The van der Waals surface area contributed by atoms with E-state index in [1.54, 1.807) is 45.2 Å². The third-order valence-corrected chi connectivity index (χ3v) is 4.74. The molecular formula is C13H15NO3S. The van der Waals surface area contributed by atoms with Gasteiger partial charge in [-0.05, 0) is 49.2 Å². The van der Waals surface area contributed by atoms with Crippen molar-refractivity contribution in [1.29, 1.82) is 0 Å². The average molecular weight is 265 g/mol. The van der Waals surface area contributed by atoms with Crippen LogP contribution in [0.4, 0.5) is 0 Å². The van der Waals surface area contributed by atoms with Gasteiger partial charge < -0.3 is 4.74 Å². The smallest absolute Gasteiger partial charge is 0.268 e. The first-order chi connectivity index (χ1) is 8.46. The van der Waals surface area contributed by atoms with E-state index in [-0.39, 0.29) is 0 Å². The van der Waals surface area contributed by atoms with Crippen molar-refractivity contribution >= 4 is 10.0 Å². The van der Waals surface area contributed by atoms with Gasteiger partial charge in [-0.3, -0.25) is 0 Å². The lowest BCUT2D eigenvalue weighted by Gasteiger charge is -2.13. The third-order valence-electron chi connectivity index (χ3n) is 2.78. The predicted octanol–water partition coefficient (Wildman–Crippen LogP) is 2.35. The SMILES string of the molecule is COc1cc(C)c(S(=O)(=O)n2cccc2)c(C)c1. The van der Waals surface area contributed by atoms with E-state index in [0.29, 0.717) is 21.8 Å². The van der Waals surface area contributed by atoms with Crippen LogP contribution >= 0.6 is 0 Å². The Balaban J connectivity index is 2.66. The summed E-state index contributed by atoms with van der Waals surface area (Å²) in [6.07, 6.45) is 3.05. The molecule has 2 rings (SSSR count). The number of benzene rings is 1. The summed E-state index contributed by atoms with van der Waals surface area (Å²) in [6.45, 7) is 3.54. The maximum atomic E-state index is 12.5. The molecule has 5 heteroatoms. The Labute approximate surface area is 107 Å². The second-order valence-electron chi connectivity index (χ2n) is 4.11. The highest BCUT2D eigenvalue weighted by Crippen LogP contribution is 2.27. The Morgan fingerprint density at radius 1 is 1.06 bits per heavy atom. The van der Waals surface area contributed by atoms with Crippen LogP contribution in [0.1, 0.15) is 11.1 Å². The van der Waals surface area contributed by atoms with Gasteiger partial charge in [0.05, 0.1) is 12.0 Å². The van der Waals surface area contributed by atoms with Crippen molar-refractivity contribution in [3.63, 3.8) is 0 Å². The van der Waals surface area contributed by atoms with Gasteiger partial charge in [-0.2, -0.15) is 0 Å². The highest BCUT2D eigenvalue weighted by atomic mass is 32.2. The van der Waals surface area contributed by atoms with E-state index in [0.717, 1.165) is 0 Å². The van der Waals surface area contributed by atoms with Crippen molar-refractivity contribution in [1.82, 2.24) is 3.97 Å². The highest BCUT2D eigenvalue weighted by Gasteiger charge is 2.21. The Morgan fingerprint density at radius 3 is 2.00 bits per heavy atom. The van der Waals surface area contributed by atoms with Crippen LogP contribution in [0.5, 0.6) is 5.75 Å². The molecule has 0 aliphatic heterocycles. The first-order valence-electron chi connectivity index (χ1n) is 5.50. The zero-order valence-electron chi connectivity index (χ0n) is 10.5. The molecule has 0 bridgehead atoms. The van der Waals surface area contributed by atoms with Gasteiger partial charge in [0.25, 0.3) is 10.0 Å². The van der Waals surface area contributed by atoms with Gasteiger partial charge in [-0.1, -0.05) is 0 Å². The first-order valence-corrected chi connectivity index (χ1v) is 6.94. The lowest BCUT2D eigenvalue weighted by atomic mass is 10.1. The van der Waals surface area contributed by atoms with E-state index in [1.165, 1.54) is 16.4 Å². The maximum absolute atomic E-state index is 12.5. The molecule has 0 saturated carbocycles. The summed E-state index contributed by atoms with van der Waals surface area (Å²) >= 11 is 0. The molecule has 18 heavy (non-hydrogen) atoms. The topological polar surface area (TPSA) is 48.3 Å². The summed E-state index contributed by atoms with van der Waals surface area (Å²) in [6, 6.07) is 6.82. The standard InChI is InChI=1S/C13H15NO3S/c1-10-8-12(17-3)9-11(2)13(10)18(15,16)14-6-4-5-7-14/h4-9H,1-3H3. The minimum atomic E-state index is -3.52. The number of aryl methyl sites for hydroxylation is 2. The minimum absolute atomic E-state index is 0.333. The second kappa shape index (κ2) is 4.49. The Bertz CT molecular complexity index is 635. The minimum Gasteiger partial charge on any atom is -0.497 e. The van der Waals surface area contributed by atoms with Crippen molar-refractivity contribution in [2.75, 3.05) is 7.11 Å². The van der Waals surface area contributed by atoms with Crippen molar-refractivity contribution in [2.45, 2.75) is 18.7 Å². The average Bonchev–Trinajstić information content (AvgIpc) is 2.81. The summed E-state index contributed by atoms with van der Waals surface area (Å²) in [7, 11) is -1.96. The Hall–Kier alpha value is -1.75. The summed E-state index contributed by atoms with van der Waals surface area (Å²) in [4.78, 5) is 0.333. The van der Waals surface area contributed by atoms with Crippen LogP contribution in [-0.4, -0.2) is 19.5 Å². The Morgan fingerprint density at radius 2 is 1.56 bits per heavy atom. The monoisotopic (exact) mass is 265 g/mol. The number of ether oxygens (including phenoxy) is 1. The van der Waals surface area contributed by atoms with E-state index in [4.69, 9.17) is 4.74 Å². The fourth-order valence-corrected chi connectivity index (χ4v) is 3.62. The van der Waals surface area contributed by atoms with Crippen LogP contribution in [0.25, 0.3) is 0 Å².